The highest BCUT2D eigenvalue weighted by Crippen LogP contribution is 2.24. The fourth-order valence-electron chi connectivity index (χ4n) is 2.67. The Balaban J connectivity index is 1.60. The van der Waals surface area contributed by atoms with Crippen LogP contribution in [0.4, 0.5) is 4.39 Å². The molecule has 1 amide bonds. The van der Waals surface area contributed by atoms with Crippen LogP contribution in [0.3, 0.4) is 0 Å². The van der Waals surface area contributed by atoms with Crippen LogP contribution in [0, 0.1) is 5.82 Å². The molecule has 0 fully saturated rings. The fourth-order valence-corrected chi connectivity index (χ4v) is 2.67. The normalized spacial score (nSPS) is 10.7. The van der Waals surface area contributed by atoms with E-state index in [0.717, 1.165) is 6.54 Å². The van der Waals surface area contributed by atoms with Crippen LogP contribution in [0.25, 0.3) is 0 Å². The smallest absolute Gasteiger partial charge is 0.255 e. The number of carbonyl (C=O) groups is 1. The van der Waals surface area contributed by atoms with Crippen molar-refractivity contribution >= 4 is 5.91 Å². The number of carbonyl (C=O) groups excluding carboxylic acids is 1. The lowest BCUT2D eigenvalue weighted by Crippen LogP contribution is -2.24. The minimum Gasteiger partial charge on any atom is -0.491 e. The number of nitrogens with one attached hydrogen (secondary N) is 1. The van der Waals surface area contributed by atoms with E-state index in [1.807, 2.05) is 25.1 Å². The van der Waals surface area contributed by atoms with Gasteiger partial charge in [0.05, 0.1) is 11.8 Å². The Morgan fingerprint density at radius 3 is 2.67 bits per heavy atom. The molecule has 3 rings (SSSR count). The summed E-state index contributed by atoms with van der Waals surface area (Å²) < 4.78 is 25.6. The first-order chi connectivity index (χ1) is 14.5. The third-order valence-electron chi connectivity index (χ3n) is 4.24. The highest BCUT2D eigenvalue weighted by atomic mass is 19.1. The van der Waals surface area contributed by atoms with Gasteiger partial charge in [0.2, 0.25) is 0 Å². The van der Waals surface area contributed by atoms with Crippen molar-refractivity contribution in [3.05, 3.63) is 83.9 Å². The van der Waals surface area contributed by atoms with Gasteiger partial charge in [0, 0.05) is 19.3 Å². The zero-order chi connectivity index (χ0) is 21.3. The average Bonchev–Trinajstić information content (AvgIpc) is 2.74. The number of halogens is 1. The number of aromatic nitrogens is 1. The topological polar surface area (TPSA) is 63.7 Å². The molecule has 0 atom stereocenters. The number of likely N-dealkylation sites (N-methyl/N-ethyl adjacent to an activating group) is 1. The van der Waals surface area contributed by atoms with E-state index in [-0.39, 0.29) is 18.2 Å². The Labute approximate surface area is 175 Å². The van der Waals surface area contributed by atoms with Gasteiger partial charge in [-0.2, -0.15) is 0 Å². The van der Waals surface area contributed by atoms with Crippen molar-refractivity contribution in [1.82, 2.24) is 15.2 Å². The van der Waals surface area contributed by atoms with E-state index in [9.17, 15) is 9.18 Å². The minimum absolute atomic E-state index is 0.0951. The average molecular weight is 409 g/mol. The van der Waals surface area contributed by atoms with E-state index in [1.54, 1.807) is 42.6 Å². The minimum atomic E-state index is -0.516. The van der Waals surface area contributed by atoms with Crippen LogP contribution in [-0.2, 0) is 6.54 Å². The SMILES string of the molecule is CN(C)CCOc1ccccc1C(=O)NCc1ccc(Oc2cccnc2)c(F)c1. The number of amides is 1. The third kappa shape index (κ3) is 6.02. The zero-order valence-electron chi connectivity index (χ0n) is 17.0. The Morgan fingerprint density at radius 2 is 1.93 bits per heavy atom. The van der Waals surface area contributed by atoms with Crippen LogP contribution in [0.2, 0.25) is 0 Å². The highest BCUT2D eigenvalue weighted by molar-refractivity contribution is 5.96. The maximum absolute atomic E-state index is 14.4. The van der Waals surface area contributed by atoms with Gasteiger partial charge in [0.25, 0.3) is 5.91 Å². The van der Waals surface area contributed by atoms with Gasteiger partial charge < -0.3 is 19.7 Å². The molecule has 0 radical (unpaired) electrons. The molecule has 30 heavy (non-hydrogen) atoms. The molecule has 0 saturated heterocycles. The van der Waals surface area contributed by atoms with Crippen molar-refractivity contribution in [1.29, 1.82) is 0 Å². The Hall–Kier alpha value is -3.45. The number of pyridine rings is 1. The second kappa shape index (κ2) is 10.4. The largest absolute Gasteiger partial charge is 0.491 e. The first kappa shape index (κ1) is 21.3. The first-order valence-electron chi connectivity index (χ1n) is 9.54. The first-order valence-corrected chi connectivity index (χ1v) is 9.54. The van der Waals surface area contributed by atoms with Crippen molar-refractivity contribution in [3.63, 3.8) is 0 Å². The van der Waals surface area contributed by atoms with E-state index in [2.05, 4.69) is 10.3 Å². The van der Waals surface area contributed by atoms with Crippen molar-refractivity contribution in [3.8, 4) is 17.2 Å². The van der Waals surface area contributed by atoms with Crippen LogP contribution >= 0.6 is 0 Å². The number of hydrogen-bond acceptors (Lipinski definition) is 5. The molecule has 3 aromatic rings. The van der Waals surface area contributed by atoms with E-state index in [1.165, 1.54) is 18.3 Å². The van der Waals surface area contributed by atoms with Gasteiger partial charge in [-0.25, -0.2) is 4.39 Å². The van der Waals surface area contributed by atoms with Crippen molar-refractivity contribution in [2.24, 2.45) is 0 Å². The lowest BCUT2D eigenvalue weighted by Gasteiger charge is -2.14. The molecule has 0 aliphatic rings. The van der Waals surface area contributed by atoms with E-state index >= 15 is 0 Å². The Kier molecular flexibility index (Phi) is 7.34. The molecule has 7 heteroatoms. The van der Waals surface area contributed by atoms with Gasteiger partial charge in [0.1, 0.15) is 18.1 Å². The molecule has 1 aromatic heterocycles. The second-order valence-electron chi connectivity index (χ2n) is 6.89. The number of ether oxygens (including phenoxy) is 2. The molecule has 0 aliphatic heterocycles. The lowest BCUT2D eigenvalue weighted by molar-refractivity contribution is 0.0946. The molecule has 2 aromatic carbocycles. The molecule has 0 saturated carbocycles. The summed E-state index contributed by atoms with van der Waals surface area (Å²) in [5, 5.41) is 2.80. The van der Waals surface area contributed by atoms with E-state index in [4.69, 9.17) is 9.47 Å². The van der Waals surface area contributed by atoms with Gasteiger partial charge >= 0.3 is 0 Å². The summed E-state index contributed by atoms with van der Waals surface area (Å²) >= 11 is 0. The van der Waals surface area contributed by atoms with Gasteiger partial charge in [-0.3, -0.25) is 9.78 Å². The molecule has 0 bridgehead atoms. The standard InChI is InChI=1S/C23H24FN3O3/c1-27(2)12-13-29-21-8-4-3-7-19(21)23(28)26-15-17-9-10-22(20(24)14-17)30-18-6-5-11-25-16-18/h3-11,14,16H,12-13,15H2,1-2H3,(H,26,28). The van der Waals surface area contributed by atoms with Crippen molar-refractivity contribution in [2.75, 3.05) is 27.2 Å². The monoisotopic (exact) mass is 409 g/mol. The Morgan fingerprint density at radius 1 is 1.10 bits per heavy atom. The molecule has 0 spiro atoms. The third-order valence-corrected chi connectivity index (χ3v) is 4.24. The van der Waals surface area contributed by atoms with Gasteiger partial charge in [0.15, 0.2) is 11.6 Å². The number of rotatable bonds is 9. The maximum Gasteiger partial charge on any atom is 0.255 e. The summed E-state index contributed by atoms with van der Waals surface area (Å²) in [4.78, 5) is 18.5. The van der Waals surface area contributed by atoms with Gasteiger partial charge in [-0.1, -0.05) is 18.2 Å². The summed E-state index contributed by atoms with van der Waals surface area (Å²) in [5.41, 5.74) is 1.05. The summed E-state index contributed by atoms with van der Waals surface area (Å²) in [5.74, 6) is 0.258. The number of nitrogens with zero attached hydrogens (tertiary/aromatic N) is 2. The van der Waals surface area contributed by atoms with E-state index < -0.39 is 5.82 Å². The number of hydrogen-bond donors (Lipinski definition) is 1. The lowest BCUT2D eigenvalue weighted by atomic mass is 10.1. The summed E-state index contributed by atoms with van der Waals surface area (Å²) in [6.07, 6.45) is 3.12. The van der Waals surface area contributed by atoms with Crippen molar-refractivity contribution < 1.29 is 18.7 Å². The van der Waals surface area contributed by atoms with Crippen molar-refractivity contribution in [2.45, 2.75) is 6.54 Å². The summed E-state index contributed by atoms with van der Waals surface area (Å²) in [7, 11) is 3.91. The summed E-state index contributed by atoms with van der Waals surface area (Å²) in [6, 6.07) is 15.0. The summed E-state index contributed by atoms with van der Waals surface area (Å²) in [6.45, 7) is 1.39. The number of benzene rings is 2. The predicted octanol–water partition coefficient (Wildman–Crippen LogP) is 3.88. The predicted molar refractivity (Wildman–Crippen MR) is 112 cm³/mol. The second-order valence-corrected chi connectivity index (χ2v) is 6.89. The van der Waals surface area contributed by atoms with Gasteiger partial charge in [-0.05, 0) is 56.1 Å². The molecule has 1 heterocycles. The quantitative estimate of drug-likeness (QED) is 0.581. The molecule has 156 valence electrons. The molecule has 1 N–H and O–H groups in total. The van der Waals surface area contributed by atoms with Crippen LogP contribution in [0.1, 0.15) is 15.9 Å². The molecule has 0 aliphatic carbocycles. The fraction of sp³-hybridized carbons (Fsp3) is 0.217. The molecule has 6 nitrogen and oxygen atoms in total. The van der Waals surface area contributed by atoms with Crippen LogP contribution in [0.15, 0.2) is 67.0 Å². The number of para-hydroxylation sites is 1. The molecular weight excluding hydrogens is 385 g/mol. The molecule has 0 unspecified atom stereocenters. The van der Waals surface area contributed by atoms with Gasteiger partial charge in [-0.15, -0.1) is 0 Å². The van der Waals surface area contributed by atoms with Crippen LogP contribution in [-0.4, -0.2) is 43.0 Å². The van der Waals surface area contributed by atoms with Crippen LogP contribution in [0.5, 0.6) is 17.2 Å². The Bertz CT molecular complexity index is 980. The zero-order valence-corrected chi connectivity index (χ0v) is 17.0. The maximum atomic E-state index is 14.4. The molecular formula is C23H24FN3O3. The highest BCUT2D eigenvalue weighted by Gasteiger charge is 2.13. The van der Waals surface area contributed by atoms with Crippen LogP contribution < -0.4 is 14.8 Å². The van der Waals surface area contributed by atoms with E-state index in [0.29, 0.717) is 29.2 Å².